The Morgan fingerprint density at radius 3 is 2.31 bits per heavy atom. The molecule has 0 radical (unpaired) electrons. The molecule has 1 amide bonds. The van der Waals surface area contributed by atoms with Crippen LogP contribution in [0.3, 0.4) is 0 Å². The Morgan fingerprint density at radius 2 is 1.72 bits per heavy atom. The van der Waals surface area contributed by atoms with Crippen LogP contribution in [0.2, 0.25) is 10.0 Å². The number of likely N-dealkylation sites (tertiary alicyclic amines) is 1. The number of carbonyl (C=O) groups excluding carboxylic acids is 1. The summed E-state index contributed by atoms with van der Waals surface area (Å²) >= 11 is 12.0. The fourth-order valence-corrected chi connectivity index (χ4v) is 4.06. The quantitative estimate of drug-likeness (QED) is 0.471. The topological polar surface area (TPSA) is 98.2 Å². The molecule has 2 heterocycles. The third kappa shape index (κ3) is 9.02. The Kier molecular flexibility index (Phi) is 10.7. The van der Waals surface area contributed by atoms with Gasteiger partial charge in [0.2, 0.25) is 5.91 Å². The summed E-state index contributed by atoms with van der Waals surface area (Å²) in [6.07, 6.45) is 10.5. The number of halogens is 2. The number of benzene rings is 1. The molecular formula is C23H28Cl2N2O5. The van der Waals surface area contributed by atoms with E-state index < -0.39 is 11.9 Å². The largest absolute Gasteiger partial charge is 0.478 e. The molecule has 0 bridgehead atoms. The minimum Gasteiger partial charge on any atom is -0.478 e. The number of carboxylic acid groups (broad SMARTS) is 2. The Labute approximate surface area is 197 Å². The van der Waals surface area contributed by atoms with E-state index in [0.717, 1.165) is 51.0 Å². The van der Waals surface area contributed by atoms with E-state index in [2.05, 4.69) is 22.0 Å². The highest BCUT2D eigenvalue weighted by atomic mass is 35.5. The SMILES string of the molecule is O=C(Cc1ccc(Cl)c(Cl)c1)N1CCCCC1CN1CC=CCC1.O=C(O)C=CC(=O)O. The molecule has 1 aromatic rings. The molecule has 0 spiro atoms. The van der Waals surface area contributed by atoms with E-state index >= 15 is 0 Å². The number of hydrogen-bond donors (Lipinski definition) is 2. The summed E-state index contributed by atoms with van der Waals surface area (Å²) in [6, 6.07) is 5.79. The molecular weight excluding hydrogens is 455 g/mol. The molecule has 0 saturated carbocycles. The van der Waals surface area contributed by atoms with Crippen molar-refractivity contribution in [2.24, 2.45) is 0 Å². The van der Waals surface area contributed by atoms with Crippen molar-refractivity contribution in [3.63, 3.8) is 0 Å². The van der Waals surface area contributed by atoms with Gasteiger partial charge in [0.25, 0.3) is 0 Å². The first-order valence-corrected chi connectivity index (χ1v) is 11.3. The molecule has 2 aliphatic heterocycles. The van der Waals surface area contributed by atoms with E-state index in [0.29, 0.717) is 34.7 Å². The van der Waals surface area contributed by atoms with Gasteiger partial charge in [0.1, 0.15) is 0 Å². The minimum atomic E-state index is -1.26. The number of amides is 1. The van der Waals surface area contributed by atoms with Gasteiger partial charge in [-0.3, -0.25) is 9.69 Å². The molecule has 7 nitrogen and oxygen atoms in total. The summed E-state index contributed by atoms with van der Waals surface area (Å²) in [5, 5.41) is 16.7. The smallest absolute Gasteiger partial charge is 0.328 e. The van der Waals surface area contributed by atoms with Crippen molar-refractivity contribution >= 4 is 41.0 Å². The van der Waals surface area contributed by atoms with Gasteiger partial charge in [0, 0.05) is 44.4 Å². The number of aliphatic carboxylic acids is 2. The first kappa shape index (κ1) is 25.9. The molecule has 0 aromatic heterocycles. The van der Waals surface area contributed by atoms with Gasteiger partial charge in [0.15, 0.2) is 0 Å². The predicted molar refractivity (Wildman–Crippen MR) is 124 cm³/mol. The van der Waals surface area contributed by atoms with Crippen molar-refractivity contribution in [3.05, 3.63) is 58.1 Å². The van der Waals surface area contributed by atoms with Crippen LogP contribution in [0.15, 0.2) is 42.5 Å². The molecule has 3 rings (SSSR count). The standard InChI is InChI=1S/C19H24Cl2N2O.C4H4O4/c20-17-8-7-15(12-18(17)21)13-19(24)23-11-5-2-6-16(23)14-22-9-3-1-4-10-22;5-3(6)1-2-4(7)8/h1,3,7-8,12,16H,2,4-6,9-11,13-14H2;1-2H,(H,5,6)(H,7,8). The lowest BCUT2D eigenvalue weighted by atomic mass is 9.99. The zero-order chi connectivity index (χ0) is 23.5. The number of piperidine rings is 1. The maximum atomic E-state index is 12.8. The zero-order valence-corrected chi connectivity index (χ0v) is 19.3. The lowest BCUT2D eigenvalue weighted by Crippen LogP contribution is -2.50. The van der Waals surface area contributed by atoms with Gasteiger partial charge in [-0.05, 0) is 43.4 Å². The summed E-state index contributed by atoms with van der Waals surface area (Å²) < 4.78 is 0. The van der Waals surface area contributed by atoms with Crippen molar-refractivity contribution in [3.8, 4) is 0 Å². The lowest BCUT2D eigenvalue weighted by molar-refractivity contribution is -0.134. The first-order valence-electron chi connectivity index (χ1n) is 10.5. The van der Waals surface area contributed by atoms with Gasteiger partial charge in [-0.25, -0.2) is 9.59 Å². The van der Waals surface area contributed by atoms with Crippen LogP contribution in [0.4, 0.5) is 0 Å². The first-order chi connectivity index (χ1) is 15.3. The number of rotatable bonds is 6. The molecule has 1 atom stereocenters. The lowest BCUT2D eigenvalue weighted by Gasteiger charge is -2.39. The van der Waals surface area contributed by atoms with Gasteiger partial charge in [-0.1, -0.05) is 41.4 Å². The van der Waals surface area contributed by atoms with Crippen LogP contribution in [0, 0.1) is 0 Å². The van der Waals surface area contributed by atoms with Gasteiger partial charge in [-0.2, -0.15) is 0 Å². The van der Waals surface area contributed by atoms with Crippen molar-refractivity contribution in [2.75, 3.05) is 26.2 Å². The fraction of sp³-hybridized carbons (Fsp3) is 0.435. The molecule has 1 saturated heterocycles. The predicted octanol–water partition coefficient (Wildman–Crippen LogP) is 3.89. The van der Waals surface area contributed by atoms with Gasteiger partial charge in [0.05, 0.1) is 16.5 Å². The van der Waals surface area contributed by atoms with Crippen LogP contribution in [0.5, 0.6) is 0 Å². The fourth-order valence-electron chi connectivity index (χ4n) is 3.74. The number of carboxylic acids is 2. The highest BCUT2D eigenvalue weighted by Crippen LogP contribution is 2.24. The van der Waals surface area contributed by atoms with Crippen LogP contribution in [0.1, 0.15) is 31.2 Å². The summed E-state index contributed by atoms with van der Waals surface area (Å²) in [6.45, 7) is 3.96. The molecule has 174 valence electrons. The van der Waals surface area contributed by atoms with Crippen LogP contribution in [-0.4, -0.2) is 70.1 Å². The molecule has 2 N–H and O–H groups in total. The highest BCUT2D eigenvalue weighted by Gasteiger charge is 2.28. The molecule has 32 heavy (non-hydrogen) atoms. The van der Waals surface area contributed by atoms with E-state index in [-0.39, 0.29) is 5.91 Å². The van der Waals surface area contributed by atoms with Crippen molar-refractivity contribution in [1.29, 1.82) is 0 Å². The van der Waals surface area contributed by atoms with E-state index in [9.17, 15) is 14.4 Å². The third-order valence-corrected chi connectivity index (χ3v) is 6.01. The molecule has 2 aliphatic rings. The Bertz CT molecular complexity index is 856. The number of nitrogens with zero attached hydrogens (tertiary/aromatic N) is 2. The normalized spacial score (nSPS) is 18.8. The number of carbonyl (C=O) groups is 3. The molecule has 1 aromatic carbocycles. The molecule has 0 aliphatic carbocycles. The van der Waals surface area contributed by atoms with E-state index in [1.807, 2.05) is 6.07 Å². The second kappa shape index (κ2) is 13.3. The van der Waals surface area contributed by atoms with Crippen molar-refractivity contribution in [2.45, 2.75) is 38.1 Å². The average molecular weight is 483 g/mol. The summed E-state index contributed by atoms with van der Waals surface area (Å²) in [4.78, 5) is 36.5. The van der Waals surface area contributed by atoms with Crippen LogP contribution in [0.25, 0.3) is 0 Å². The Morgan fingerprint density at radius 1 is 1.00 bits per heavy atom. The van der Waals surface area contributed by atoms with Crippen molar-refractivity contribution < 1.29 is 24.6 Å². The van der Waals surface area contributed by atoms with E-state index in [1.165, 1.54) is 6.42 Å². The molecule has 9 heteroatoms. The Hall–Kier alpha value is -2.35. The van der Waals surface area contributed by atoms with Crippen LogP contribution >= 0.6 is 23.2 Å². The monoisotopic (exact) mass is 482 g/mol. The van der Waals surface area contributed by atoms with Crippen molar-refractivity contribution in [1.82, 2.24) is 9.80 Å². The van der Waals surface area contributed by atoms with Gasteiger partial charge in [-0.15, -0.1) is 0 Å². The van der Waals surface area contributed by atoms with E-state index in [1.54, 1.807) is 12.1 Å². The van der Waals surface area contributed by atoms with Crippen LogP contribution in [-0.2, 0) is 20.8 Å². The maximum Gasteiger partial charge on any atom is 0.328 e. The molecule has 1 unspecified atom stereocenters. The Balaban J connectivity index is 0.000000390. The van der Waals surface area contributed by atoms with Gasteiger partial charge >= 0.3 is 11.9 Å². The zero-order valence-electron chi connectivity index (χ0n) is 17.8. The highest BCUT2D eigenvalue weighted by molar-refractivity contribution is 6.42. The van der Waals surface area contributed by atoms with Gasteiger partial charge < -0.3 is 15.1 Å². The summed E-state index contributed by atoms with van der Waals surface area (Å²) in [5.41, 5.74) is 0.930. The third-order valence-electron chi connectivity index (χ3n) is 5.27. The van der Waals surface area contributed by atoms with E-state index in [4.69, 9.17) is 33.4 Å². The minimum absolute atomic E-state index is 0.200. The average Bonchev–Trinajstić information content (AvgIpc) is 2.76. The number of hydrogen-bond acceptors (Lipinski definition) is 4. The summed E-state index contributed by atoms with van der Waals surface area (Å²) in [7, 11) is 0. The summed E-state index contributed by atoms with van der Waals surface area (Å²) in [5.74, 6) is -2.31. The second-order valence-corrected chi connectivity index (χ2v) is 8.51. The molecule has 1 fully saturated rings. The van der Waals surface area contributed by atoms with Crippen LogP contribution < -0.4 is 0 Å². The maximum absolute atomic E-state index is 12.8. The second-order valence-electron chi connectivity index (χ2n) is 7.69.